The second kappa shape index (κ2) is 9.92. The molecule has 0 aromatic heterocycles. The van der Waals surface area contributed by atoms with E-state index >= 15 is 0 Å². The van der Waals surface area contributed by atoms with Crippen LogP contribution in [-0.2, 0) is 20.9 Å². The molecule has 0 saturated carbocycles. The summed E-state index contributed by atoms with van der Waals surface area (Å²) in [7, 11) is 3.91. The van der Waals surface area contributed by atoms with Crippen LogP contribution in [-0.4, -0.2) is 48.9 Å². The zero-order valence-corrected chi connectivity index (χ0v) is 18.4. The number of hydrogen-bond donors (Lipinski definition) is 0. The summed E-state index contributed by atoms with van der Waals surface area (Å²) < 4.78 is 5.65. The van der Waals surface area contributed by atoms with Gasteiger partial charge in [0.1, 0.15) is 6.61 Å². The van der Waals surface area contributed by atoms with Gasteiger partial charge < -0.3 is 14.5 Å². The van der Waals surface area contributed by atoms with Gasteiger partial charge in [0.25, 0.3) is 0 Å². The third-order valence-corrected chi connectivity index (χ3v) is 5.55. The maximum absolute atomic E-state index is 13.2. The summed E-state index contributed by atoms with van der Waals surface area (Å²) in [5.74, 6) is -0.735. The van der Waals surface area contributed by atoms with E-state index in [4.69, 9.17) is 16.3 Å². The number of nitrogens with zero attached hydrogens (tertiary/aromatic N) is 2. The SMILES string of the molecule is CC1=C(C(=O)OCc2ccccc2)C(c2ccc(Cl)cc2)CC(=O)N1CCN(C)C. The molecule has 0 bridgehead atoms. The van der Waals surface area contributed by atoms with Gasteiger partial charge in [-0.3, -0.25) is 4.79 Å². The molecule has 6 heteroatoms. The van der Waals surface area contributed by atoms with Crippen molar-refractivity contribution in [3.8, 4) is 0 Å². The Labute approximate surface area is 182 Å². The molecule has 5 nitrogen and oxygen atoms in total. The Balaban J connectivity index is 1.92. The molecule has 0 N–H and O–H groups in total. The first-order chi connectivity index (χ1) is 14.4. The Kier molecular flexibility index (Phi) is 7.29. The van der Waals surface area contributed by atoms with Gasteiger partial charge in [0, 0.05) is 36.1 Å². The minimum atomic E-state index is -0.390. The van der Waals surface area contributed by atoms with E-state index in [2.05, 4.69) is 0 Å². The summed E-state index contributed by atoms with van der Waals surface area (Å²) in [5.41, 5.74) is 2.99. The van der Waals surface area contributed by atoms with E-state index in [1.165, 1.54) is 0 Å². The number of ether oxygens (including phenoxy) is 1. The van der Waals surface area contributed by atoms with E-state index in [0.717, 1.165) is 11.1 Å². The summed E-state index contributed by atoms with van der Waals surface area (Å²) in [6, 6.07) is 16.9. The molecule has 158 valence electrons. The molecule has 1 amide bonds. The lowest BCUT2D eigenvalue weighted by Crippen LogP contribution is -2.41. The van der Waals surface area contributed by atoms with Gasteiger partial charge >= 0.3 is 5.97 Å². The van der Waals surface area contributed by atoms with E-state index in [1.54, 1.807) is 17.0 Å². The predicted octanol–water partition coefficient (Wildman–Crippen LogP) is 4.23. The molecule has 0 radical (unpaired) electrons. The van der Waals surface area contributed by atoms with Crippen LogP contribution in [0.25, 0.3) is 0 Å². The Hall–Kier alpha value is -2.63. The molecule has 0 aliphatic carbocycles. The minimum absolute atomic E-state index is 0.00825. The zero-order chi connectivity index (χ0) is 21.7. The monoisotopic (exact) mass is 426 g/mol. The van der Waals surface area contributed by atoms with Gasteiger partial charge in [-0.15, -0.1) is 0 Å². The topological polar surface area (TPSA) is 49.9 Å². The average Bonchev–Trinajstić information content (AvgIpc) is 2.72. The van der Waals surface area contributed by atoms with Crippen molar-refractivity contribution in [1.82, 2.24) is 9.80 Å². The lowest BCUT2D eigenvalue weighted by Gasteiger charge is -2.35. The van der Waals surface area contributed by atoms with Gasteiger partial charge in [-0.05, 0) is 44.3 Å². The quantitative estimate of drug-likeness (QED) is 0.621. The largest absolute Gasteiger partial charge is 0.457 e. The second-order valence-electron chi connectivity index (χ2n) is 7.72. The molecule has 1 atom stereocenters. The minimum Gasteiger partial charge on any atom is -0.457 e. The van der Waals surface area contributed by atoms with Gasteiger partial charge in [-0.25, -0.2) is 4.79 Å². The molecule has 2 aromatic carbocycles. The zero-order valence-electron chi connectivity index (χ0n) is 17.6. The molecule has 3 rings (SSSR count). The normalized spacial score (nSPS) is 16.9. The number of amides is 1. The van der Waals surface area contributed by atoms with E-state index in [9.17, 15) is 9.59 Å². The number of likely N-dealkylation sites (N-methyl/N-ethyl adjacent to an activating group) is 1. The number of allylic oxidation sites excluding steroid dienone is 1. The molecular formula is C24H27ClN2O3. The Morgan fingerprint density at radius 1 is 1.13 bits per heavy atom. The van der Waals surface area contributed by atoms with Gasteiger partial charge in [-0.2, -0.15) is 0 Å². The third kappa shape index (κ3) is 5.29. The summed E-state index contributed by atoms with van der Waals surface area (Å²) in [4.78, 5) is 29.8. The van der Waals surface area contributed by atoms with Crippen LogP contribution in [0.15, 0.2) is 65.9 Å². The molecule has 2 aromatic rings. The van der Waals surface area contributed by atoms with Crippen LogP contribution in [0.2, 0.25) is 5.02 Å². The third-order valence-electron chi connectivity index (χ3n) is 5.30. The predicted molar refractivity (Wildman–Crippen MR) is 118 cm³/mol. The van der Waals surface area contributed by atoms with Gasteiger partial charge in [0.2, 0.25) is 5.91 Å². The van der Waals surface area contributed by atoms with Crippen molar-refractivity contribution in [3.63, 3.8) is 0 Å². The van der Waals surface area contributed by atoms with Crippen molar-refractivity contribution in [1.29, 1.82) is 0 Å². The first kappa shape index (κ1) is 22.1. The molecule has 30 heavy (non-hydrogen) atoms. The van der Waals surface area contributed by atoms with E-state index in [1.807, 2.05) is 68.4 Å². The van der Waals surface area contributed by atoms with Crippen LogP contribution in [0.1, 0.15) is 30.4 Å². The molecule has 1 heterocycles. The van der Waals surface area contributed by atoms with Crippen molar-refractivity contribution in [2.24, 2.45) is 0 Å². The smallest absolute Gasteiger partial charge is 0.336 e. The molecule has 0 saturated heterocycles. The van der Waals surface area contributed by atoms with Crippen LogP contribution in [0, 0.1) is 0 Å². The number of esters is 1. The lowest BCUT2D eigenvalue weighted by atomic mass is 9.83. The van der Waals surface area contributed by atoms with Crippen molar-refractivity contribution in [2.75, 3.05) is 27.2 Å². The molecule has 1 unspecified atom stereocenters. The van der Waals surface area contributed by atoms with E-state index in [0.29, 0.717) is 29.4 Å². The highest BCUT2D eigenvalue weighted by Gasteiger charge is 2.36. The van der Waals surface area contributed by atoms with Crippen LogP contribution in [0.4, 0.5) is 0 Å². The standard InChI is InChI=1S/C24H27ClN2O3/c1-17-23(24(29)30-16-18-7-5-4-6-8-18)21(19-9-11-20(25)12-10-19)15-22(28)27(17)14-13-26(2)3/h4-12,21H,13-16H2,1-3H3. The van der Waals surface area contributed by atoms with Crippen LogP contribution in [0.3, 0.4) is 0 Å². The Bertz CT molecular complexity index is 923. The van der Waals surface area contributed by atoms with E-state index in [-0.39, 0.29) is 24.9 Å². The second-order valence-corrected chi connectivity index (χ2v) is 8.15. The summed E-state index contributed by atoms with van der Waals surface area (Å²) >= 11 is 6.04. The van der Waals surface area contributed by atoms with Crippen LogP contribution in [0.5, 0.6) is 0 Å². The Morgan fingerprint density at radius 3 is 2.43 bits per heavy atom. The number of benzene rings is 2. The maximum Gasteiger partial charge on any atom is 0.336 e. The van der Waals surface area contributed by atoms with Gasteiger partial charge in [0.05, 0.1) is 5.57 Å². The fourth-order valence-electron chi connectivity index (χ4n) is 3.63. The summed E-state index contributed by atoms with van der Waals surface area (Å²) in [6.07, 6.45) is 0.224. The molecular weight excluding hydrogens is 400 g/mol. The first-order valence-corrected chi connectivity index (χ1v) is 10.4. The highest BCUT2D eigenvalue weighted by atomic mass is 35.5. The lowest BCUT2D eigenvalue weighted by molar-refractivity contribution is -0.141. The fraction of sp³-hybridized carbons (Fsp3) is 0.333. The number of halogens is 1. The van der Waals surface area contributed by atoms with Gasteiger partial charge in [-0.1, -0.05) is 54.1 Å². The Morgan fingerprint density at radius 2 is 1.80 bits per heavy atom. The van der Waals surface area contributed by atoms with Crippen LogP contribution >= 0.6 is 11.6 Å². The highest BCUT2D eigenvalue weighted by Crippen LogP contribution is 2.37. The highest BCUT2D eigenvalue weighted by molar-refractivity contribution is 6.30. The first-order valence-electron chi connectivity index (χ1n) is 9.99. The number of carbonyl (C=O) groups excluding carboxylic acids is 2. The van der Waals surface area contributed by atoms with E-state index < -0.39 is 5.97 Å². The van der Waals surface area contributed by atoms with Crippen molar-refractivity contribution < 1.29 is 14.3 Å². The maximum atomic E-state index is 13.2. The molecule has 1 aliphatic rings. The van der Waals surface area contributed by atoms with Crippen LogP contribution < -0.4 is 0 Å². The average molecular weight is 427 g/mol. The summed E-state index contributed by atoms with van der Waals surface area (Å²) in [5, 5.41) is 0.613. The van der Waals surface area contributed by atoms with Crippen molar-refractivity contribution in [2.45, 2.75) is 25.9 Å². The molecule has 0 spiro atoms. The number of hydrogen-bond acceptors (Lipinski definition) is 4. The number of rotatable bonds is 7. The van der Waals surface area contributed by atoms with Gasteiger partial charge in [0.15, 0.2) is 0 Å². The molecule has 1 aliphatic heterocycles. The fourth-order valence-corrected chi connectivity index (χ4v) is 3.76. The molecule has 0 fully saturated rings. The van der Waals surface area contributed by atoms with Crippen molar-refractivity contribution >= 4 is 23.5 Å². The summed E-state index contributed by atoms with van der Waals surface area (Å²) in [6.45, 7) is 3.26. The number of carbonyl (C=O) groups is 2. The van der Waals surface area contributed by atoms with Crippen molar-refractivity contribution in [3.05, 3.63) is 82.0 Å².